The summed E-state index contributed by atoms with van der Waals surface area (Å²) in [6.45, 7) is 1.54. The van der Waals surface area contributed by atoms with Gasteiger partial charge in [-0.05, 0) is 37.0 Å². The number of alkyl halides is 1. The summed E-state index contributed by atoms with van der Waals surface area (Å²) in [5, 5.41) is 0. The third-order valence-corrected chi connectivity index (χ3v) is 4.32. The molecule has 1 aromatic carbocycles. The van der Waals surface area contributed by atoms with Crippen molar-refractivity contribution in [3.63, 3.8) is 0 Å². The predicted molar refractivity (Wildman–Crippen MR) is 81.4 cm³/mol. The Morgan fingerprint density at radius 1 is 1.10 bits per heavy atom. The van der Waals surface area contributed by atoms with Crippen LogP contribution < -0.4 is 4.90 Å². The smallest absolute Gasteiger partial charge is 0.236 e. The molecule has 0 saturated carbocycles. The van der Waals surface area contributed by atoms with Gasteiger partial charge in [-0.1, -0.05) is 12.1 Å². The molecule has 0 N–H and O–H groups in total. The Hall–Kier alpha value is -2.17. The van der Waals surface area contributed by atoms with Crippen LogP contribution in [0, 0.1) is 5.92 Å². The average molecular weight is 284 g/mol. The van der Waals surface area contributed by atoms with E-state index in [4.69, 9.17) is 0 Å². The number of fused-ring (bicyclic) bond motifs is 3. The maximum Gasteiger partial charge on any atom is 0.236 e. The molecular formula is C16H17FN4. The SMILES string of the molecule is FCC1CCN(c2ccn3c(n2)nc2ccccc23)CC1. The highest BCUT2D eigenvalue weighted by atomic mass is 19.1. The van der Waals surface area contributed by atoms with Crippen molar-refractivity contribution >= 4 is 22.6 Å². The van der Waals surface area contributed by atoms with Gasteiger partial charge in [0.15, 0.2) is 0 Å². The zero-order valence-electron chi connectivity index (χ0n) is 11.7. The number of hydrogen-bond acceptors (Lipinski definition) is 3. The fourth-order valence-corrected chi connectivity index (χ4v) is 3.03. The second kappa shape index (κ2) is 4.98. The molecule has 3 heterocycles. The van der Waals surface area contributed by atoms with Gasteiger partial charge in [0.1, 0.15) is 5.82 Å². The Balaban J connectivity index is 1.69. The van der Waals surface area contributed by atoms with Crippen LogP contribution in [0.25, 0.3) is 16.8 Å². The number of aromatic nitrogens is 3. The molecule has 108 valence electrons. The zero-order valence-corrected chi connectivity index (χ0v) is 11.7. The number of hydrogen-bond donors (Lipinski definition) is 0. The van der Waals surface area contributed by atoms with Gasteiger partial charge in [-0.15, -0.1) is 0 Å². The first-order valence-corrected chi connectivity index (χ1v) is 7.40. The van der Waals surface area contributed by atoms with Crippen molar-refractivity contribution in [1.29, 1.82) is 0 Å². The van der Waals surface area contributed by atoms with Crippen LogP contribution in [0.3, 0.4) is 0 Å². The van der Waals surface area contributed by atoms with E-state index in [0.29, 0.717) is 0 Å². The lowest BCUT2D eigenvalue weighted by atomic mass is 9.98. The van der Waals surface area contributed by atoms with Crippen LogP contribution >= 0.6 is 0 Å². The highest BCUT2D eigenvalue weighted by Gasteiger charge is 2.20. The highest BCUT2D eigenvalue weighted by Crippen LogP contribution is 2.23. The summed E-state index contributed by atoms with van der Waals surface area (Å²) in [7, 11) is 0. The fourth-order valence-electron chi connectivity index (χ4n) is 3.03. The van der Waals surface area contributed by atoms with Gasteiger partial charge in [0.25, 0.3) is 0 Å². The van der Waals surface area contributed by atoms with E-state index in [2.05, 4.69) is 14.9 Å². The van der Waals surface area contributed by atoms with Crippen molar-refractivity contribution < 1.29 is 4.39 Å². The lowest BCUT2D eigenvalue weighted by Gasteiger charge is -2.31. The first-order chi connectivity index (χ1) is 10.3. The van der Waals surface area contributed by atoms with Gasteiger partial charge in [0.2, 0.25) is 5.78 Å². The molecule has 1 saturated heterocycles. The van der Waals surface area contributed by atoms with E-state index in [1.807, 2.05) is 40.9 Å². The second-order valence-electron chi connectivity index (χ2n) is 5.64. The average Bonchev–Trinajstić information content (AvgIpc) is 2.92. The number of rotatable bonds is 2. The van der Waals surface area contributed by atoms with E-state index >= 15 is 0 Å². The molecule has 1 aliphatic rings. The third-order valence-electron chi connectivity index (χ3n) is 4.32. The van der Waals surface area contributed by atoms with E-state index in [1.54, 1.807) is 0 Å². The van der Waals surface area contributed by atoms with Crippen molar-refractivity contribution in [3.8, 4) is 0 Å². The van der Waals surface area contributed by atoms with Gasteiger partial charge in [-0.25, -0.2) is 4.98 Å². The molecule has 2 aromatic heterocycles. The van der Waals surface area contributed by atoms with E-state index in [0.717, 1.165) is 48.6 Å². The first-order valence-electron chi connectivity index (χ1n) is 7.40. The van der Waals surface area contributed by atoms with Gasteiger partial charge in [-0.2, -0.15) is 4.98 Å². The van der Waals surface area contributed by atoms with Gasteiger partial charge in [0, 0.05) is 19.3 Å². The zero-order chi connectivity index (χ0) is 14.2. The predicted octanol–water partition coefficient (Wildman–Crippen LogP) is 3.07. The molecule has 3 aromatic rings. The molecule has 0 unspecified atom stereocenters. The van der Waals surface area contributed by atoms with E-state index in [9.17, 15) is 4.39 Å². The van der Waals surface area contributed by atoms with E-state index in [1.165, 1.54) is 0 Å². The van der Waals surface area contributed by atoms with Crippen LogP contribution in [0.2, 0.25) is 0 Å². The molecule has 1 aliphatic heterocycles. The summed E-state index contributed by atoms with van der Waals surface area (Å²) >= 11 is 0. The monoisotopic (exact) mass is 284 g/mol. The van der Waals surface area contributed by atoms with Crippen LogP contribution in [-0.2, 0) is 0 Å². The molecule has 4 nitrogen and oxygen atoms in total. The van der Waals surface area contributed by atoms with Crippen LogP contribution in [0.4, 0.5) is 10.2 Å². The van der Waals surface area contributed by atoms with Gasteiger partial charge >= 0.3 is 0 Å². The second-order valence-corrected chi connectivity index (χ2v) is 5.64. The molecule has 0 bridgehead atoms. The number of para-hydroxylation sites is 2. The molecule has 0 atom stereocenters. The van der Waals surface area contributed by atoms with E-state index in [-0.39, 0.29) is 12.6 Å². The van der Waals surface area contributed by atoms with Gasteiger partial charge in [0.05, 0.1) is 17.7 Å². The molecule has 5 heteroatoms. The van der Waals surface area contributed by atoms with Crippen molar-refractivity contribution in [2.45, 2.75) is 12.8 Å². The fraction of sp³-hybridized carbons (Fsp3) is 0.375. The minimum Gasteiger partial charge on any atom is -0.356 e. The molecule has 0 amide bonds. The molecular weight excluding hydrogens is 267 g/mol. The molecule has 4 rings (SSSR count). The van der Waals surface area contributed by atoms with Gasteiger partial charge < -0.3 is 4.90 Å². The lowest BCUT2D eigenvalue weighted by Crippen LogP contribution is -2.34. The van der Waals surface area contributed by atoms with Crippen molar-refractivity contribution in [2.75, 3.05) is 24.7 Å². The normalized spacial score (nSPS) is 16.9. The summed E-state index contributed by atoms with van der Waals surface area (Å²) in [5.41, 5.74) is 2.03. The molecule has 1 fully saturated rings. The van der Waals surface area contributed by atoms with Gasteiger partial charge in [-0.3, -0.25) is 8.79 Å². The quantitative estimate of drug-likeness (QED) is 0.725. The number of imidazole rings is 1. The lowest BCUT2D eigenvalue weighted by molar-refractivity contribution is 0.307. The highest BCUT2D eigenvalue weighted by molar-refractivity contribution is 5.79. The summed E-state index contributed by atoms with van der Waals surface area (Å²) < 4.78 is 14.7. The minimum atomic E-state index is -0.202. The molecule has 0 aliphatic carbocycles. The number of anilines is 1. The first kappa shape index (κ1) is 12.6. The Bertz CT molecular complexity index is 774. The summed E-state index contributed by atoms with van der Waals surface area (Å²) in [5.74, 6) is 1.88. The van der Waals surface area contributed by atoms with Crippen molar-refractivity contribution in [3.05, 3.63) is 36.5 Å². The van der Waals surface area contributed by atoms with Crippen LogP contribution in [0.15, 0.2) is 36.5 Å². The van der Waals surface area contributed by atoms with Crippen LogP contribution in [-0.4, -0.2) is 34.1 Å². The van der Waals surface area contributed by atoms with Crippen LogP contribution in [0.5, 0.6) is 0 Å². The third kappa shape index (κ3) is 2.13. The summed E-state index contributed by atoms with van der Waals surface area (Å²) in [4.78, 5) is 11.5. The van der Waals surface area contributed by atoms with Crippen molar-refractivity contribution in [1.82, 2.24) is 14.4 Å². The Kier molecular flexibility index (Phi) is 2.98. The topological polar surface area (TPSA) is 33.4 Å². The maximum absolute atomic E-state index is 12.7. The number of nitrogens with zero attached hydrogens (tertiary/aromatic N) is 4. The summed E-state index contributed by atoms with van der Waals surface area (Å²) in [6, 6.07) is 10.1. The Morgan fingerprint density at radius 3 is 2.71 bits per heavy atom. The summed E-state index contributed by atoms with van der Waals surface area (Å²) in [6.07, 6.45) is 3.83. The number of halogens is 1. The van der Waals surface area contributed by atoms with Crippen molar-refractivity contribution in [2.24, 2.45) is 5.92 Å². The molecule has 0 radical (unpaired) electrons. The van der Waals surface area contributed by atoms with Crippen LogP contribution in [0.1, 0.15) is 12.8 Å². The maximum atomic E-state index is 12.7. The largest absolute Gasteiger partial charge is 0.356 e. The van der Waals surface area contributed by atoms with E-state index < -0.39 is 0 Å². The molecule has 0 spiro atoms. The number of piperidine rings is 1. The minimum absolute atomic E-state index is 0.202. The number of benzene rings is 1. The molecule has 21 heavy (non-hydrogen) atoms. The Morgan fingerprint density at radius 2 is 1.90 bits per heavy atom. The standard InChI is InChI=1S/C16H17FN4/c17-11-12-5-8-20(9-6-12)15-7-10-21-14-4-2-1-3-13(14)18-16(21)19-15/h1-4,7,10,12H,5-6,8-9,11H2. The Labute approximate surface area is 122 Å².